The first-order valence-electron chi connectivity index (χ1n) is 6.78. The van der Waals surface area contributed by atoms with Crippen molar-refractivity contribution < 1.29 is 8.94 Å². The van der Waals surface area contributed by atoms with Gasteiger partial charge in [-0.25, -0.2) is 0 Å². The van der Waals surface area contributed by atoms with Crippen LogP contribution in [-0.2, 0) is 5.41 Å². The second kappa shape index (κ2) is 4.18. The van der Waals surface area contributed by atoms with Crippen LogP contribution in [-0.4, -0.2) is 23.2 Å². The molecule has 1 atom stereocenters. The van der Waals surface area contributed by atoms with E-state index in [0.717, 1.165) is 36.0 Å². The van der Waals surface area contributed by atoms with Gasteiger partial charge in [-0.2, -0.15) is 4.98 Å². The van der Waals surface area contributed by atoms with Gasteiger partial charge in [-0.15, -0.1) is 0 Å². The smallest absolute Gasteiger partial charge is 0.234 e. The lowest BCUT2D eigenvalue weighted by Crippen LogP contribution is -2.25. The molecule has 3 aromatic rings. The summed E-state index contributed by atoms with van der Waals surface area (Å²) in [4.78, 5) is 4.58. The number of hydrogen-bond donors (Lipinski definition) is 1. The molecule has 5 nitrogen and oxygen atoms in total. The van der Waals surface area contributed by atoms with Gasteiger partial charge in [0.25, 0.3) is 0 Å². The molecule has 2 aromatic heterocycles. The molecule has 0 saturated carbocycles. The van der Waals surface area contributed by atoms with Crippen molar-refractivity contribution in [2.45, 2.75) is 18.8 Å². The minimum atomic E-state index is -0.0647. The minimum absolute atomic E-state index is 0.0647. The largest absolute Gasteiger partial charge is 0.464 e. The Labute approximate surface area is 116 Å². The predicted octanol–water partition coefficient (Wildman–Crippen LogP) is 2.73. The molecular weight excluding hydrogens is 254 g/mol. The van der Waals surface area contributed by atoms with Gasteiger partial charge in [-0.1, -0.05) is 23.4 Å². The molecule has 1 fully saturated rings. The summed E-state index contributed by atoms with van der Waals surface area (Å²) in [6.45, 7) is 4.02. The van der Waals surface area contributed by atoms with Crippen molar-refractivity contribution in [3.05, 3.63) is 36.4 Å². The highest BCUT2D eigenvalue weighted by Crippen LogP contribution is 2.33. The van der Waals surface area contributed by atoms with E-state index in [0.29, 0.717) is 11.7 Å². The van der Waals surface area contributed by atoms with Gasteiger partial charge in [0, 0.05) is 11.9 Å². The Morgan fingerprint density at radius 2 is 2.20 bits per heavy atom. The number of furan rings is 1. The van der Waals surface area contributed by atoms with E-state index in [-0.39, 0.29) is 5.41 Å². The van der Waals surface area contributed by atoms with Gasteiger partial charge in [-0.05, 0) is 26.0 Å². The summed E-state index contributed by atoms with van der Waals surface area (Å²) in [5.74, 6) is 1.29. The fourth-order valence-corrected chi connectivity index (χ4v) is 2.73. The molecule has 0 aliphatic carbocycles. The average Bonchev–Trinajstić information content (AvgIpc) is 3.16. The first-order valence-corrected chi connectivity index (χ1v) is 6.78. The third-order valence-electron chi connectivity index (χ3n) is 4.03. The number of rotatable bonds is 2. The second-order valence-corrected chi connectivity index (χ2v) is 5.56. The van der Waals surface area contributed by atoms with E-state index < -0.39 is 0 Å². The molecule has 1 unspecified atom stereocenters. The molecule has 0 radical (unpaired) electrons. The number of aromatic nitrogens is 2. The molecule has 4 rings (SSSR count). The lowest BCUT2D eigenvalue weighted by Gasteiger charge is -2.15. The van der Waals surface area contributed by atoms with Gasteiger partial charge in [0.1, 0.15) is 11.8 Å². The van der Waals surface area contributed by atoms with Crippen molar-refractivity contribution in [2.24, 2.45) is 0 Å². The van der Waals surface area contributed by atoms with Crippen molar-refractivity contribution in [2.75, 3.05) is 13.1 Å². The Kier molecular flexibility index (Phi) is 2.44. The number of para-hydroxylation sites is 1. The van der Waals surface area contributed by atoms with Crippen LogP contribution in [0, 0.1) is 0 Å². The molecule has 102 valence electrons. The highest BCUT2D eigenvalue weighted by Gasteiger charge is 2.36. The number of nitrogens with one attached hydrogen (secondary N) is 1. The van der Waals surface area contributed by atoms with Crippen LogP contribution in [0.15, 0.2) is 39.5 Å². The molecule has 0 bridgehead atoms. The number of fused-ring (bicyclic) bond motifs is 1. The average molecular weight is 269 g/mol. The second-order valence-electron chi connectivity index (χ2n) is 5.56. The van der Waals surface area contributed by atoms with E-state index in [1.54, 1.807) is 6.26 Å². The minimum Gasteiger partial charge on any atom is -0.464 e. The van der Waals surface area contributed by atoms with Crippen molar-refractivity contribution >= 4 is 11.0 Å². The topological polar surface area (TPSA) is 64.1 Å². The highest BCUT2D eigenvalue weighted by molar-refractivity contribution is 5.91. The van der Waals surface area contributed by atoms with Crippen molar-refractivity contribution in [3.63, 3.8) is 0 Å². The first kappa shape index (κ1) is 11.7. The molecule has 0 amide bonds. The molecule has 3 heterocycles. The predicted molar refractivity (Wildman–Crippen MR) is 74.3 cm³/mol. The van der Waals surface area contributed by atoms with Crippen LogP contribution in [0.3, 0.4) is 0 Å². The van der Waals surface area contributed by atoms with Gasteiger partial charge >= 0.3 is 0 Å². The summed E-state index contributed by atoms with van der Waals surface area (Å²) < 4.78 is 11.0. The van der Waals surface area contributed by atoms with E-state index >= 15 is 0 Å². The van der Waals surface area contributed by atoms with E-state index in [9.17, 15) is 0 Å². The SMILES string of the molecule is CC1(c2nc(-c3coc4ccccc34)no2)CCNC1. The number of nitrogens with zero attached hydrogens (tertiary/aromatic N) is 2. The van der Waals surface area contributed by atoms with Crippen molar-refractivity contribution in [1.29, 1.82) is 0 Å². The monoisotopic (exact) mass is 269 g/mol. The summed E-state index contributed by atoms with van der Waals surface area (Å²) in [7, 11) is 0. The third kappa shape index (κ3) is 1.67. The summed E-state index contributed by atoms with van der Waals surface area (Å²) >= 11 is 0. The zero-order valence-electron chi connectivity index (χ0n) is 11.2. The normalized spacial score (nSPS) is 22.6. The zero-order valence-corrected chi connectivity index (χ0v) is 11.2. The summed E-state index contributed by atoms with van der Waals surface area (Å²) in [5.41, 5.74) is 1.65. The Balaban J connectivity index is 1.78. The van der Waals surface area contributed by atoms with Crippen LogP contribution in [0.2, 0.25) is 0 Å². The van der Waals surface area contributed by atoms with Crippen LogP contribution >= 0.6 is 0 Å². The van der Waals surface area contributed by atoms with E-state index in [4.69, 9.17) is 8.94 Å². The number of hydrogen-bond acceptors (Lipinski definition) is 5. The van der Waals surface area contributed by atoms with Gasteiger partial charge in [0.15, 0.2) is 0 Å². The van der Waals surface area contributed by atoms with Crippen LogP contribution in [0.25, 0.3) is 22.4 Å². The molecule has 1 saturated heterocycles. The number of benzene rings is 1. The maximum atomic E-state index is 5.53. The van der Waals surface area contributed by atoms with E-state index in [2.05, 4.69) is 22.4 Å². The highest BCUT2D eigenvalue weighted by atomic mass is 16.5. The Hall–Kier alpha value is -2.14. The Morgan fingerprint density at radius 1 is 1.30 bits per heavy atom. The van der Waals surface area contributed by atoms with Crippen LogP contribution in [0.1, 0.15) is 19.2 Å². The van der Waals surface area contributed by atoms with Crippen LogP contribution in [0.4, 0.5) is 0 Å². The lowest BCUT2D eigenvalue weighted by molar-refractivity contribution is 0.306. The standard InChI is InChI=1S/C15H15N3O2/c1-15(6-7-16-9-15)14-17-13(18-20-14)11-8-19-12-5-3-2-4-10(11)12/h2-5,8,16H,6-7,9H2,1H3. The van der Waals surface area contributed by atoms with Gasteiger partial charge in [-0.3, -0.25) is 0 Å². The summed E-state index contributed by atoms with van der Waals surface area (Å²) in [6, 6.07) is 7.86. The molecule has 20 heavy (non-hydrogen) atoms. The van der Waals surface area contributed by atoms with E-state index in [1.165, 1.54) is 0 Å². The maximum absolute atomic E-state index is 5.53. The van der Waals surface area contributed by atoms with Gasteiger partial charge in [0.05, 0.1) is 11.0 Å². The molecule has 1 N–H and O–H groups in total. The molecule has 0 spiro atoms. The summed E-state index contributed by atoms with van der Waals surface area (Å²) in [5, 5.41) is 8.47. The Bertz CT molecular complexity index is 753. The van der Waals surface area contributed by atoms with Gasteiger partial charge < -0.3 is 14.3 Å². The quantitative estimate of drug-likeness (QED) is 0.775. The Morgan fingerprint density at radius 3 is 3.05 bits per heavy atom. The zero-order chi connectivity index (χ0) is 13.6. The van der Waals surface area contributed by atoms with Crippen LogP contribution in [0.5, 0.6) is 0 Å². The molecule has 1 aliphatic heterocycles. The van der Waals surface area contributed by atoms with E-state index in [1.807, 2.05) is 24.3 Å². The van der Waals surface area contributed by atoms with Crippen LogP contribution < -0.4 is 5.32 Å². The third-order valence-corrected chi connectivity index (χ3v) is 4.03. The van der Waals surface area contributed by atoms with Crippen molar-refractivity contribution in [3.8, 4) is 11.4 Å². The first-order chi connectivity index (χ1) is 9.76. The van der Waals surface area contributed by atoms with Gasteiger partial charge in [0.2, 0.25) is 11.7 Å². The molecule has 1 aromatic carbocycles. The lowest BCUT2D eigenvalue weighted by atomic mass is 9.90. The molecule has 1 aliphatic rings. The fraction of sp³-hybridized carbons (Fsp3) is 0.333. The van der Waals surface area contributed by atoms with Crippen molar-refractivity contribution in [1.82, 2.24) is 15.5 Å². The molecular formula is C15H15N3O2. The fourth-order valence-electron chi connectivity index (χ4n) is 2.73. The summed E-state index contributed by atoms with van der Waals surface area (Å²) in [6.07, 6.45) is 2.70. The maximum Gasteiger partial charge on any atom is 0.234 e. The molecule has 5 heteroatoms.